The molecule has 130 valence electrons. The summed E-state index contributed by atoms with van der Waals surface area (Å²) >= 11 is 0. The Morgan fingerprint density at radius 3 is 2.84 bits per heavy atom. The second-order valence-electron chi connectivity index (χ2n) is 6.68. The summed E-state index contributed by atoms with van der Waals surface area (Å²) in [5.41, 5.74) is 4.09. The summed E-state index contributed by atoms with van der Waals surface area (Å²) in [5, 5.41) is 7.23. The standard InChI is InChI=1S/C19H24N6/c1-3-24-9-10-25(16(13-24)11-15-7-5-4-6-8-15)19-20-12-17-18(21-19)14(2)22-23-17/h4-8,12,16H,3,9-11,13H2,1-2H3,(H,22,23)/t16-/m1/s1. The smallest absolute Gasteiger partial charge is 0.226 e. The zero-order chi connectivity index (χ0) is 17.2. The van der Waals surface area contributed by atoms with Crippen molar-refractivity contribution in [3.8, 4) is 0 Å². The van der Waals surface area contributed by atoms with E-state index in [9.17, 15) is 0 Å². The van der Waals surface area contributed by atoms with E-state index in [1.54, 1.807) is 0 Å². The Balaban J connectivity index is 1.65. The van der Waals surface area contributed by atoms with E-state index in [1.165, 1.54) is 5.56 Å². The van der Waals surface area contributed by atoms with Crippen LogP contribution in [0.15, 0.2) is 36.5 Å². The number of aromatic nitrogens is 4. The lowest BCUT2D eigenvalue weighted by Crippen LogP contribution is -2.54. The minimum absolute atomic E-state index is 0.376. The van der Waals surface area contributed by atoms with E-state index in [0.29, 0.717) is 6.04 Å². The summed E-state index contributed by atoms with van der Waals surface area (Å²) in [5.74, 6) is 0.814. The molecule has 0 bridgehead atoms. The van der Waals surface area contributed by atoms with Gasteiger partial charge in [0.25, 0.3) is 0 Å². The van der Waals surface area contributed by atoms with Crippen molar-refractivity contribution >= 4 is 17.0 Å². The Morgan fingerprint density at radius 1 is 1.20 bits per heavy atom. The van der Waals surface area contributed by atoms with Crippen molar-refractivity contribution in [3.05, 3.63) is 47.8 Å². The average molecular weight is 336 g/mol. The third-order valence-corrected chi connectivity index (χ3v) is 5.04. The summed E-state index contributed by atoms with van der Waals surface area (Å²) < 4.78 is 0. The number of aryl methyl sites for hydroxylation is 1. The van der Waals surface area contributed by atoms with Crippen LogP contribution >= 0.6 is 0 Å². The zero-order valence-electron chi connectivity index (χ0n) is 14.8. The van der Waals surface area contributed by atoms with E-state index >= 15 is 0 Å². The zero-order valence-corrected chi connectivity index (χ0v) is 14.8. The van der Waals surface area contributed by atoms with Gasteiger partial charge in [-0.3, -0.25) is 10.00 Å². The number of likely N-dealkylation sites (N-methyl/N-ethyl adjacent to an activating group) is 1. The quantitative estimate of drug-likeness (QED) is 0.793. The molecule has 1 aliphatic heterocycles. The number of piperazine rings is 1. The first-order valence-corrected chi connectivity index (χ1v) is 8.95. The molecule has 0 saturated carbocycles. The van der Waals surface area contributed by atoms with Gasteiger partial charge in [-0.2, -0.15) is 5.10 Å². The van der Waals surface area contributed by atoms with E-state index in [2.05, 4.69) is 62.2 Å². The molecule has 0 radical (unpaired) electrons. The predicted molar refractivity (Wildman–Crippen MR) is 99.8 cm³/mol. The van der Waals surface area contributed by atoms with Gasteiger partial charge in [-0.05, 0) is 25.5 Å². The number of fused-ring (bicyclic) bond motifs is 1. The number of aromatic amines is 1. The molecule has 1 atom stereocenters. The molecule has 6 nitrogen and oxygen atoms in total. The maximum Gasteiger partial charge on any atom is 0.226 e. The molecule has 3 aromatic rings. The highest BCUT2D eigenvalue weighted by Gasteiger charge is 2.28. The Labute approximate surface area is 147 Å². The summed E-state index contributed by atoms with van der Waals surface area (Å²) in [6, 6.07) is 11.1. The molecule has 1 aromatic carbocycles. The first kappa shape index (κ1) is 16.0. The Morgan fingerprint density at radius 2 is 2.04 bits per heavy atom. The highest BCUT2D eigenvalue weighted by atomic mass is 15.3. The molecule has 0 unspecified atom stereocenters. The van der Waals surface area contributed by atoms with Gasteiger partial charge >= 0.3 is 0 Å². The number of benzene rings is 1. The third-order valence-electron chi connectivity index (χ3n) is 5.04. The van der Waals surface area contributed by atoms with Gasteiger partial charge in [0.1, 0.15) is 11.0 Å². The van der Waals surface area contributed by atoms with Gasteiger partial charge in [-0.25, -0.2) is 9.97 Å². The molecule has 0 spiro atoms. The highest BCUT2D eigenvalue weighted by molar-refractivity contribution is 5.76. The SMILES string of the molecule is CCN1CCN(c2ncc3n[nH]c(C)c3n2)[C@H](Cc2ccccc2)C1. The molecule has 0 amide bonds. The van der Waals surface area contributed by atoms with Crippen LogP contribution in [0, 0.1) is 6.92 Å². The Kier molecular flexibility index (Phi) is 4.36. The topological polar surface area (TPSA) is 60.9 Å². The molecule has 1 N–H and O–H groups in total. The lowest BCUT2D eigenvalue weighted by Gasteiger charge is -2.41. The van der Waals surface area contributed by atoms with Gasteiger partial charge in [0.2, 0.25) is 5.95 Å². The van der Waals surface area contributed by atoms with Gasteiger partial charge < -0.3 is 4.90 Å². The van der Waals surface area contributed by atoms with Crippen molar-refractivity contribution in [2.75, 3.05) is 31.1 Å². The van der Waals surface area contributed by atoms with Crippen LogP contribution in [0.4, 0.5) is 5.95 Å². The molecule has 1 aliphatic rings. The molecule has 3 heterocycles. The van der Waals surface area contributed by atoms with E-state index in [1.807, 2.05) is 13.1 Å². The van der Waals surface area contributed by atoms with Crippen LogP contribution in [0.25, 0.3) is 11.0 Å². The van der Waals surface area contributed by atoms with Gasteiger partial charge in [0.05, 0.1) is 11.9 Å². The van der Waals surface area contributed by atoms with Crippen LogP contribution < -0.4 is 4.90 Å². The van der Waals surface area contributed by atoms with Crippen molar-refractivity contribution in [1.29, 1.82) is 0 Å². The molecule has 6 heteroatoms. The molecule has 1 fully saturated rings. The molecule has 0 aliphatic carbocycles. The first-order chi connectivity index (χ1) is 12.2. The number of H-pyrrole nitrogens is 1. The van der Waals surface area contributed by atoms with Crippen LogP contribution in [0.5, 0.6) is 0 Å². The maximum atomic E-state index is 4.80. The summed E-state index contributed by atoms with van der Waals surface area (Å²) in [6.07, 6.45) is 2.83. The van der Waals surface area contributed by atoms with Crippen LogP contribution in [0.3, 0.4) is 0 Å². The largest absolute Gasteiger partial charge is 0.335 e. The van der Waals surface area contributed by atoms with Crippen LogP contribution in [0.1, 0.15) is 18.2 Å². The fourth-order valence-corrected chi connectivity index (χ4v) is 3.59. The van der Waals surface area contributed by atoms with Gasteiger partial charge in [0, 0.05) is 25.7 Å². The second kappa shape index (κ2) is 6.80. The van der Waals surface area contributed by atoms with Gasteiger partial charge in [-0.15, -0.1) is 0 Å². The number of hydrogen-bond donors (Lipinski definition) is 1. The van der Waals surface area contributed by atoms with Crippen molar-refractivity contribution in [2.45, 2.75) is 26.3 Å². The molecule has 4 rings (SSSR count). The predicted octanol–water partition coefficient (Wildman–Crippen LogP) is 2.41. The minimum Gasteiger partial charge on any atom is -0.335 e. The number of rotatable bonds is 4. The molecule has 2 aromatic heterocycles. The number of nitrogens with zero attached hydrogens (tertiary/aromatic N) is 5. The lowest BCUT2D eigenvalue weighted by atomic mass is 10.0. The van der Waals surface area contributed by atoms with Gasteiger partial charge in [0.15, 0.2) is 0 Å². The fraction of sp³-hybridized carbons (Fsp3) is 0.421. The summed E-state index contributed by atoms with van der Waals surface area (Å²) in [4.78, 5) is 14.3. The average Bonchev–Trinajstić information content (AvgIpc) is 3.03. The van der Waals surface area contributed by atoms with Crippen LogP contribution in [0.2, 0.25) is 0 Å². The van der Waals surface area contributed by atoms with Crippen LogP contribution in [-0.4, -0.2) is 57.3 Å². The normalized spacial score (nSPS) is 18.8. The van der Waals surface area contributed by atoms with Crippen LogP contribution in [-0.2, 0) is 6.42 Å². The number of nitrogens with one attached hydrogen (secondary N) is 1. The van der Waals surface area contributed by atoms with Crippen molar-refractivity contribution in [3.63, 3.8) is 0 Å². The van der Waals surface area contributed by atoms with E-state index < -0.39 is 0 Å². The second-order valence-corrected chi connectivity index (χ2v) is 6.68. The Bertz CT molecular complexity index is 844. The van der Waals surface area contributed by atoms with E-state index in [0.717, 1.165) is 55.3 Å². The molecular formula is C19H24N6. The van der Waals surface area contributed by atoms with E-state index in [4.69, 9.17) is 4.98 Å². The first-order valence-electron chi connectivity index (χ1n) is 8.95. The third kappa shape index (κ3) is 3.22. The fourth-order valence-electron chi connectivity index (χ4n) is 3.59. The molecule has 1 saturated heterocycles. The number of hydrogen-bond acceptors (Lipinski definition) is 5. The minimum atomic E-state index is 0.376. The van der Waals surface area contributed by atoms with Crippen molar-refractivity contribution in [2.24, 2.45) is 0 Å². The highest BCUT2D eigenvalue weighted by Crippen LogP contribution is 2.22. The van der Waals surface area contributed by atoms with Crippen molar-refractivity contribution in [1.82, 2.24) is 25.1 Å². The van der Waals surface area contributed by atoms with Crippen molar-refractivity contribution < 1.29 is 0 Å². The Hall–Kier alpha value is -2.47. The number of anilines is 1. The monoisotopic (exact) mass is 336 g/mol. The van der Waals surface area contributed by atoms with E-state index in [-0.39, 0.29) is 0 Å². The summed E-state index contributed by atoms with van der Waals surface area (Å²) in [7, 11) is 0. The molecular weight excluding hydrogens is 312 g/mol. The lowest BCUT2D eigenvalue weighted by molar-refractivity contribution is 0.230. The summed E-state index contributed by atoms with van der Waals surface area (Å²) in [6.45, 7) is 8.35. The maximum absolute atomic E-state index is 4.80. The molecule has 25 heavy (non-hydrogen) atoms. The van der Waals surface area contributed by atoms with Gasteiger partial charge in [-0.1, -0.05) is 37.3 Å².